The third-order valence-corrected chi connectivity index (χ3v) is 4.44. The summed E-state index contributed by atoms with van der Waals surface area (Å²) < 4.78 is 8.28. The van der Waals surface area contributed by atoms with E-state index in [0.29, 0.717) is 30.3 Å². The van der Waals surface area contributed by atoms with Gasteiger partial charge in [0.15, 0.2) is 0 Å². The number of amides is 1. The summed E-state index contributed by atoms with van der Waals surface area (Å²) in [5, 5.41) is 7.22. The van der Waals surface area contributed by atoms with Gasteiger partial charge in [-0.05, 0) is 30.7 Å². The van der Waals surface area contributed by atoms with Crippen molar-refractivity contribution in [2.24, 2.45) is 0 Å². The van der Waals surface area contributed by atoms with Crippen molar-refractivity contribution in [3.8, 4) is 5.75 Å². The Kier molecular flexibility index (Phi) is 5.50. The third kappa shape index (κ3) is 4.09. The Morgan fingerprint density at radius 1 is 1.16 bits per heavy atom. The fourth-order valence-corrected chi connectivity index (χ4v) is 2.88. The van der Waals surface area contributed by atoms with Gasteiger partial charge in [0.25, 0.3) is 5.91 Å². The van der Waals surface area contributed by atoms with Gasteiger partial charge < -0.3 is 10.1 Å². The van der Waals surface area contributed by atoms with Gasteiger partial charge in [-0.15, -0.1) is 0 Å². The van der Waals surface area contributed by atoms with Crippen LogP contribution in [0.2, 0.25) is 0 Å². The van der Waals surface area contributed by atoms with E-state index in [1.807, 2.05) is 43.3 Å². The predicted octanol–water partition coefficient (Wildman–Crippen LogP) is 4.34. The first-order valence-electron chi connectivity index (χ1n) is 7.97. The number of halogens is 1. The maximum Gasteiger partial charge on any atom is 0.260 e. The molecule has 3 aromatic rings. The van der Waals surface area contributed by atoms with Gasteiger partial charge in [0.1, 0.15) is 11.6 Å². The molecule has 1 aromatic heterocycles. The second kappa shape index (κ2) is 7.98. The average Bonchev–Trinajstić information content (AvgIpc) is 3.04. The lowest BCUT2D eigenvalue weighted by atomic mass is 10.2. The van der Waals surface area contributed by atoms with Crippen molar-refractivity contribution in [2.45, 2.75) is 13.5 Å². The Hall–Kier alpha value is -2.60. The van der Waals surface area contributed by atoms with E-state index >= 15 is 0 Å². The lowest BCUT2D eigenvalue weighted by Crippen LogP contribution is -2.17. The minimum absolute atomic E-state index is 0.224. The fraction of sp³-hybridized carbons (Fsp3) is 0.158. The van der Waals surface area contributed by atoms with Crippen molar-refractivity contribution in [2.75, 3.05) is 11.9 Å². The molecule has 2 aromatic carbocycles. The first-order valence-corrected chi connectivity index (χ1v) is 8.76. The number of benzene rings is 2. The van der Waals surface area contributed by atoms with Crippen LogP contribution in [0.5, 0.6) is 5.75 Å². The van der Waals surface area contributed by atoms with Crippen molar-refractivity contribution in [1.29, 1.82) is 0 Å². The molecule has 0 aliphatic rings. The zero-order valence-electron chi connectivity index (χ0n) is 13.8. The van der Waals surface area contributed by atoms with E-state index in [4.69, 9.17) is 4.74 Å². The highest BCUT2D eigenvalue weighted by molar-refractivity contribution is 9.10. The average molecular weight is 400 g/mol. The number of anilines is 1. The van der Waals surface area contributed by atoms with Gasteiger partial charge in [0.2, 0.25) is 0 Å². The minimum atomic E-state index is -0.224. The molecule has 1 heterocycles. The van der Waals surface area contributed by atoms with E-state index in [9.17, 15) is 4.79 Å². The third-order valence-electron chi connectivity index (χ3n) is 3.67. The lowest BCUT2D eigenvalue weighted by Gasteiger charge is -2.12. The molecule has 25 heavy (non-hydrogen) atoms. The maximum absolute atomic E-state index is 12.6. The predicted molar refractivity (Wildman–Crippen MR) is 101 cm³/mol. The molecule has 0 unspecified atom stereocenters. The Morgan fingerprint density at radius 2 is 1.92 bits per heavy atom. The van der Waals surface area contributed by atoms with E-state index in [1.54, 1.807) is 29.1 Å². The molecule has 0 aliphatic carbocycles. The summed E-state index contributed by atoms with van der Waals surface area (Å²) >= 11 is 3.54. The standard InChI is InChI=1S/C19H18BrN3O2/c1-2-25-17-10-6-4-8-15(17)19(24)22-18-11-12-21-23(18)13-14-7-3-5-9-16(14)20/h3-12H,2,13H2,1H3,(H,22,24). The van der Waals surface area contributed by atoms with Crippen LogP contribution in [0.25, 0.3) is 0 Å². The molecule has 0 aliphatic heterocycles. The molecule has 1 N–H and O–H groups in total. The summed E-state index contributed by atoms with van der Waals surface area (Å²) in [5.74, 6) is 0.976. The minimum Gasteiger partial charge on any atom is -0.493 e. The number of aromatic nitrogens is 2. The SMILES string of the molecule is CCOc1ccccc1C(=O)Nc1ccnn1Cc1ccccc1Br. The quantitative estimate of drug-likeness (QED) is 0.670. The van der Waals surface area contributed by atoms with Gasteiger partial charge >= 0.3 is 0 Å². The van der Waals surface area contributed by atoms with Crippen molar-refractivity contribution in [1.82, 2.24) is 9.78 Å². The largest absolute Gasteiger partial charge is 0.493 e. The van der Waals surface area contributed by atoms with Gasteiger partial charge in [-0.2, -0.15) is 5.10 Å². The number of ether oxygens (including phenoxy) is 1. The first-order chi connectivity index (χ1) is 12.2. The smallest absolute Gasteiger partial charge is 0.260 e. The van der Waals surface area contributed by atoms with E-state index in [-0.39, 0.29) is 5.91 Å². The number of hydrogen-bond acceptors (Lipinski definition) is 3. The monoisotopic (exact) mass is 399 g/mol. The number of para-hydroxylation sites is 1. The second-order valence-corrected chi connectivity index (χ2v) is 6.20. The molecule has 1 amide bonds. The van der Waals surface area contributed by atoms with Crippen LogP contribution >= 0.6 is 15.9 Å². The van der Waals surface area contributed by atoms with Crippen LogP contribution in [0.1, 0.15) is 22.8 Å². The number of nitrogens with one attached hydrogen (secondary N) is 1. The van der Waals surface area contributed by atoms with E-state index in [1.165, 1.54) is 0 Å². The highest BCUT2D eigenvalue weighted by Gasteiger charge is 2.14. The summed E-state index contributed by atoms with van der Waals surface area (Å²) in [6.45, 7) is 2.95. The van der Waals surface area contributed by atoms with Gasteiger partial charge in [-0.25, -0.2) is 4.68 Å². The number of nitrogens with zero attached hydrogens (tertiary/aromatic N) is 2. The highest BCUT2D eigenvalue weighted by atomic mass is 79.9. The number of carbonyl (C=O) groups is 1. The summed E-state index contributed by atoms with van der Waals surface area (Å²) in [4.78, 5) is 12.6. The Bertz CT molecular complexity index is 876. The molecule has 0 radical (unpaired) electrons. The van der Waals surface area contributed by atoms with Crippen LogP contribution in [0.15, 0.2) is 65.3 Å². The summed E-state index contributed by atoms with van der Waals surface area (Å²) in [5.41, 5.74) is 1.58. The zero-order chi connectivity index (χ0) is 17.6. The number of hydrogen-bond donors (Lipinski definition) is 1. The molecular weight excluding hydrogens is 382 g/mol. The molecule has 3 rings (SSSR count). The van der Waals surface area contributed by atoms with Crippen LogP contribution in [0.3, 0.4) is 0 Å². The molecule has 128 valence electrons. The Morgan fingerprint density at radius 3 is 2.72 bits per heavy atom. The highest BCUT2D eigenvalue weighted by Crippen LogP contribution is 2.21. The van der Waals surface area contributed by atoms with Crippen molar-refractivity contribution in [3.05, 3.63) is 76.4 Å². The molecule has 6 heteroatoms. The van der Waals surface area contributed by atoms with Crippen molar-refractivity contribution < 1.29 is 9.53 Å². The van der Waals surface area contributed by atoms with Crippen LogP contribution in [0, 0.1) is 0 Å². The van der Waals surface area contributed by atoms with Gasteiger partial charge in [-0.1, -0.05) is 46.3 Å². The maximum atomic E-state index is 12.6. The topological polar surface area (TPSA) is 56.1 Å². The first kappa shape index (κ1) is 17.2. The number of carbonyl (C=O) groups excluding carboxylic acids is 1. The molecule has 0 atom stereocenters. The molecule has 5 nitrogen and oxygen atoms in total. The molecule has 0 bridgehead atoms. The molecule has 0 saturated carbocycles. The Balaban J connectivity index is 1.80. The van der Waals surface area contributed by atoms with Crippen LogP contribution in [-0.4, -0.2) is 22.3 Å². The molecule has 0 fully saturated rings. The normalized spacial score (nSPS) is 10.5. The van der Waals surface area contributed by atoms with Gasteiger partial charge in [0, 0.05) is 10.5 Å². The van der Waals surface area contributed by atoms with Crippen molar-refractivity contribution in [3.63, 3.8) is 0 Å². The molecule has 0 spiro atoms. The zero-order valence-corrected chi connectivity index (χ0v) is 15.4. The molecule has 0 saturated heterocycles. The second-order valence-electron chi connectivity index (χ2n) is 5.35. The van der Waals surface area contributed by atoms with Gasteiger partial charge in [-0.3, -0.25) is 4.79 Å². The van der Waals surface area contributed by atoms with E-state index < -0.39 is 0 Å². The van der Waals surface area contributed by atoms with Crippen molar-refractivity contribution >= 4 is 27.7 Å². The summed E-state index contributed by atoms with van der Waals surface area (Å²) in [6, 6.07) is 16.9. The van der Waals surface area contributed by atoms with Crippen LogP contribution in [0.4, 0.5) is 5.82 Å². The van der Waals surface area contributed by atoms with Gasteiger partial charge in [0.05, 0.1) is 24.9 Å². The summed E-state index contributed by atoms with van der Waals surface area (Å²) in [7, 11) is 0. The van der Waals surface area contributed by atoms with E-state index in [2.05, 4.69) is 26.3 Å². The molecular formula is C19H18BrN3O2. The van der Waals surface area contributed by atoms with E-state index in [0.717, 1.165) is 10.0 Å². The fourth-order valence-electron chi connectivity index (χ4n) is 2.47. The van der Waals surface area contributed by atoms with Crippen LogP contribution < -0.4 is 10.1 Å². The Labute approximate surface area is 154 Å². The van der Waals surface area contributed by atoms with Crippen LogP contribution in [-0.2, 0) is 6.54 Å². The lowest BCUT2D eigenvalue weighted by molar-refractivity contribution is 0.102. The summed E-state index contributed by atoms with van der Waals surface area (Å²) in [6.07, 6.45) is 1.67. The number of rotatable bonds is 6.